The van der Waals surface area contributed by atoms with E-state index in [-0.39, 0.29) is 5.91 Å². The molecule has 0 unspecified atom stereocenters. The van der Waals surface area contributed by atoms with Gasteiger partial charge in [0, 0.05) is 22.7 Å². The number of aryl methyl sites for hydroxylation is 1. The molecule has 1 fully saturated rings. The lowest BCUT2D eigenvalue weighted by molar-refractivity contribution is 0.102. The summed E-state index contributed by atoms with van der Waals surface area (Å²) < 4.78 is 0. The van der Waals surface area contributed by atoms with Gasteiger partial charge in [0.25, 0.3) is 5.91 Å². The first-order valence-corrected chi connectivity index (χ1v) is 8.19. The van der Waals surface area contributed by atoms with Gasteiger partial charge in [0.1, 0.15) is 5.82 Å². The van der Waals surface area contributed by atoms with Crippen molar-refractivity contribution in [1.82, 2.24) is 9.97 Å². The summed E-state index contributed by atoms with van der Waals surface area (Å²) in [5.41, 5.74) is 2.07. The van der Waals surface area contributed by atoms with Crippen molar-refractivity contribution < 1.29 is 4.79 Å². The molecule has 1 aliphatic carbocycles. The van der Waals surface area contributed by atoms with Gasteiger partial charge in [0.15, 0.2) is 0 Å². The second-order valence-electron chi connectivity index (χ2n) is 5.19. The van der Waals surface area contributed by atoms with Crippen molar-refractivity contribution in [3.05, 3.63) is 47.5 Å². The van der Waals surface area contributed by atoms with E-state index in [2.05, 4.69) is 15.3 Å². The van der Waals surface area contributed by atoms with Gasteiger partial charge in [-0.3, -0.25) is 4.79 Å². The van der Waals surface area contributed by atoms with Crippen LogP contribution in [0, 0.1) is 6.92 Å². The Labute approximate surface area is 128 Å². The van der Waals surface area contributed by atoms with Crippen LogP contribution in [0.1, 0.15) is 40.6 Å². The molecule has 0 atom stereocenters. The highest BCUT2D eigenvalue weighted by Crippen LogP contribution is 2.37. The van der Waals surface area contributed by atoms with Crippen LogP contribution in [0.15, 0.2) is 35.4 Å². The molecule has 0 bridgehead atoms. The van der Waals surface area contributed by atoms with E-state index in [0.717, 1.165) is 34.9 Å². The standard InChI is InChI=1S/C16H17N3OS/c1-10-14(9-17-15(18-10)11-6-7-11)16(20)19-12-4-3-5-13(8-12)21-2/h3-5,8-9,11H,6-7H2,1-2H3,(H,19,20). The van der Waals surface area contributed by atoms with E-state index in [1.807, 2.05) is 37.4 Å². The van der Waals surface area contributed by atoms with Crippen molar-refractivity contribution in [2.24, 2.45) is 0 Å². The predicted molar refractivity (Wildman–Crippen MR) is 84.9 cm³/mol. The fraction of sp³-hybridized carbons (Fsp3) is 0.312. The number of carbonyl (C=O) groups is 1. The van der Waals surface area contributed by atoms with Crippen LogP contribution in [0.4, 0.5) is 5.69 Å². The van der Waals surface area contributed by atoms with Crippen LogP contribution in [0.25, 0.3) is 0 Å². The number of carbonyl (C=O) groups excluding carboxylic acids is 1. The van der Waals surface area contributed by atoms with Gasteiger partial charge in [-0.15, -0.1) is 11.8 Å². The van der Waals surface area contributed by atoms with Crippen molar-refractivity contribution in [3.8, 4) is 0 Å². The minimum Gasteiger partial charge on any atom is -0.322 e. The lowest BCUT2D eigenvalue weighted by atomic mass is 10.2. The van der Waals surface area contributed by atoms with E-state index in [1.165, 1.54) is 0 Å². The molecule has 1 heterocycles. The number of amides is 1. The van der Waals surface area contributed by atoms with Crippen molar-refractivity contribution in [2.45, 2.75) is 30.6 Å². The third kappa shape index (κ3) is 3.24. The van der Waals surface area contributed by atoms with E-state index in [9.17, 15) is 4.79 Å². The molecule has 0 spiro atoms. The van der Waals surface area contributed by atoms with Crippen molar-refractivity contribution >= 4 is 23.4 Å². The normalized spacial score (nSPS) is 14.0. The van der Waals surface area contributed by atoms with Gasteiger partial charge in [0.2, 0.25) is 0 Å². The van der Waals surface area contributed by atoms with Crippen LogP contribution in [-0.4, -0.2) is 22.1 Å². The Morgan fingerprint density at radius 2 is 2.19 bits per heavy atom. The van der Waals surface area contributed by atoms with E-state index in [1.54, 1.807) is 18.0 Å². The maximum atomic E-state index is 12.3. The van der Waals surface area contributed by atoms with Crippen molar-refractivity contribution in [1.29, 1.82) is 0 Å². The molecule has 108 valence electrons. The molecule has 0 aliphatic heterocycles. The molecule has 1 aromatic heterocycles. The van der Waals surface area contributed by atoms with Gasteiger partial charge in [-0.2, -0.15) is 0 Å². The summed E-state index contributed by atoms with van der Waals surface area (Å²) in [6, 6.07) is 7.78. The molecule has 4 nitrogen and oxygen atoms in total. The van der Waals surface area contributed by atoms with Gasteiger partial charge in [0.05, 0.1) is 11.3 Å². The zero-order valence-electron chi connectivity index (χ0n) is 12.1. The van der Waals surface area contributed by atoms with E-state index in [0.29, 0.717) is 11.5 Å². The monoisotopic (exact) mass is 299 g/mol. The zero-order valence-corrected chi connectivity index (χ0v) is 12.9. The van der Waals surface area contributed by atoms with E-state index >= 15 is 0 Å². The first kappa shape index (κ1) is 14.1. The number of hydrogen-bond acceptors (Lipinski definition) is 4. The Balaban J connectivity index is 1.78. The van der Waals surface area contributed by atoms with Gasteiger partial charge >= 0.3 is 0 Å². The molecule has 0 radical (unpaired) electrons. The molecule has 1 aromatic carbocycles. The summed E-state index contributed by atoms with van der Waals surface area (Å²) in [4.78, 5) is 22.2. The lowest BCUT2D eigenvalue weighted by Crippen LogP contribution is -2.15. The molecular formula is C16H17N3OS. The number of nitrogens with one attached hydrogen (secondary N) is 1. The first-order valence-electron chi connectivity index (χ1n) is 6.96. The van der Waals surface area contributed by atoms with Crippen LogP contribution < -0.4 is 5.32 Å². The molecule has 1 N–H and O–H groups in total. The quantitative estimate of drug-likeness (QED) is 0.876. The summed E-state index contributed by atoms with van der Waals surface area (Å²) in [5.74, 6) is 1.21. The highest BCUT2D eigenvalue weighted by atomic mass is 32.2. The number of thioether (sulfide) groups is 1. The number of benzene rings is 1. The average molecular weight is 299 g/mol. The highest BCUT2D eigenvalue weighted by Gasteiger charge is 2.27. The Hall–Kier alpha value is -1.88. The second kappa shape index (κ2) is 5.85. The second-order valence-corrected chi connectivity index (χ2v) is 6.07. The average Bonchev–Trinajstić information content (AvgIpc) is 3.32. The van der Waals surface area contributed by atoms with Gasteiger partial charge < -0.3 is 5.32 Å². The Bertz CT molecular complexity index is 683. The number of rotatable bonds is 4. The molecule has 1 saturated carbocycles. The molecule has 2 aromatic rings. The number of aromatic nitrogens is 2. The molecule has 21 heavy (non-hydrogen) atoms. The van der Waals surface area contributed by atoms with Crippen LogP contribution in [-0.2, 0) is 0 Å². The van der Waals surface area contributed by atoms with Gasteiger partial charge in [-0.1, -0.05) is 6.07 Å². The minimum absolute atomic E-state index is 0.159. The molecule has 1 aliphatic rings. The summed E-state index contributed by atoms with van der Waals surface area (Å²) in [7, 11) is 0. The van der Waals surface area contributed by atoms with Crippen molar-refractivity contribution in [3.63, 3.8) is 0 Å². The SMILES string of the molecule is CSc1cccc(NC(=O)c2cnc(C3CC3)nc2C)c1. The Morgan fingerprint density at radius 3 is 2.86 bits per heavy atom. The maximum Gasteiger partial charge on any atom is 0.259 e. The highest BCUT2D eigenvalue weighted by molar-refractivity contribution is 7.98. The fourth-order valence-corrected chi connectivity index (χ4v) is 2.60. The van der Waals surface area contributed by atoms with Crippen LogP contribution in [0.3, 0.4) is 0 Å². The minimum atomic E-state index is -0.159. The topological polar surface area (TPSA) is 54.9 Å². The van der Waals surface area contributed by atoms with Crippen molar-refractivity contribution in [2.75, 3.05) is 11.6 Å². The fourth-order valence-electron chi connectivity index (χ4n) is 2.15. The first-order chi connectivity index (χ1) is 10.2. The van der Waals surface area contributed by atoms with E-state index < -0.39 is 0 Å². The largest absolute Gasteiger partial charge is 0.322 e. The summed E-state index contributed by atoms with van der Waals surface area (Å²) >= 11 is 1.65. The molecule has 0 saturated heterocycles. The third-order valence-electron chi connectivity index (χ3n) is 3.51. The van der Waals surface area contributed by atoms with E-state index in [4.69, 9.17) is 0 Å². The van der Waals surface area contributed by atoms with Gasteiger partial charge in [-0.25, -0.2) is 9.97 Å². The summed E-state index contributed by atoms with van der Waals surface area (Å²) in [5, 5.41) is 2.91. The van der Waals surface area contributed by atoms with Gasteiger partial charge in [-0.05, 0) is 44.2 Å². The number of anilines is 1. The summed E-state index contributed by atoms with van der Waals surface area (Å²) in [6.45, 7) is 1.86. The Morgan fingerprint density at radius 1 is 1.38 bits per heavy atom. The summed E-state index contributed by atoms with van der Waals surface area (Å²) in [6.07, 6.45) is 5.97. The smallest absolute Gasteiger partial charge is 0.259 e. The predicted octanol–water partition coefficient (Wildman–Crippen LogP) is 3.64. The third-order valence-corrected chi connectivity index (χ3v) is 4.24. The molecule has 3 rings (SSSR count). The lowest BCUT2D eigenvalue weighted by Gasteiger charge is -2.09. The van der Waals surface area contributed by atoms with Crippen LogP contribution in [0.2, 0.25) is 0 Å². The van der Waals surface area contributed by atoms with Crippen LogP contribution >= 0.6 is 11.8 Å². The number of nitrogens with zero attached hydrogens (tertiary/aromatic N) is 2. The Kier molecular flexibility index (Phi) is 3.92. The number of hydrogen-bond donors (Lipinski definition) is 1. The van der Waals surface area contributed by atoms with Crippen LogP contribution in [0.5, 0.6) is 0 Å². The molecule has 1 amide bonds. The maximum absolute atomic E-state index is 12.3. The molecular weight excluding hydrogens is 282 g/mol. The molecule has 5 heteroatoms. The zero-order chi connectivity index (χ0) is 14.8.